The number of nitriles is 1. The van der Waals surface area contributed by atoms with E-state index in [4.69, 9.17) is 5.26 Å². The Balaban J connectivity index is 2.59. The van der Waals surface area contributed by atoms with Crippen LogP contribution in [0.15, 0.2) is 36.7 Å². The number of benzene rings is 1. The fourth-order valence-corrected chi connectivity index (χ4v) is 1.93. The average molecular weight is 240 g/mol. The van der Waals surface area contributed by atoms with E-state index in [1.54, 1.807) is 36.7 Å². The largest absolute Gasteiger partial charge is 0.264 e. The summed E-state index contributed by atoms with van der Waals surface area (Å²) in [5.41, 5.74) is 2.23. The second-order valence-corrected chi connectivity index (χ2v) is 4.11. The maximum absolute atomic E-state index is 14.1. The van der Waals surface area contributed by atoms with E-state index in [0.717, 1.165) is 18.4 Å². The van der Waals surface area contributed by atoms with E-state index in [1.165, 1.54) is 0 Å². The van der Waals surface area contributed by atoms with Crippen molar-refractivity contribution in [1.29, 1.82) is 5.26 Å². The van der Waals surface area contributed by atoms with Crippen LogP contribution >= 0.6 is 0 Å². The minimum Gasteiger partial charge on any atom is -0.264 e. The van der Waals surface area contributed by atoms with Gasteiger partial charge in [0.15, 0.2) is 0 Å². The van der Waals surface area contributed by atoms with Gasteiger partial charge in [0.05, 0.1) is 5.56 Å². The van der Waals surface area contributed by atoms with E-state index in [0.29, 0.717) is 11.1 Å². The van der Waals surface area contributed by atoms with Gasteiger partial charge in [-0.05, 0) is 30.2 Å². The fourth-order valence-electron chi connectivity index (χ4n) is 1.93. The lowest BCUT2D eigenvalue weighted by molar-refractivity contribution is 0.626. The monoisotopic (exact) mass is 240 g/mol. The van der Waals surface area contributed by atoms with Crippen LogP contribution in [0.3, 0.4) is 0 Å². The van der Waals surface area contributed by atoms with Crippen LogP contribution in [0.1, 0.15) is 24.5 Å². The van der Waals surface area contributed by atoms with Crippen molar-refractivity contribution in [2.24, 2.45) is 0 Å². The minimum absolute atomic E-state index is 0.0970. The van der Waals surface area contributed by atoms with E-state index in [1.807, 2.05) is 6.07 Å². The van der Waals surface area contributed by atoms with Gasteiger partial charge in [-0.2, -0.15) is 5.26 Å². The van der Waals surface area contributed by atoms with Gasteiger partial charge < -0.3 is 0 Å². The van der Waals surface area contributed by atoms with Gasteiger partial charge in [-0.25, -0.2) is 4.39 Å². The number of pyridine rings is 1. The lowest BCUT2D eigenvalue weighted by atomic mass is 9.98. The molecule has 18 heavy (non-hydrogen) atoms. The number of aryl methyl sites for hydroxylation is 1. The van der Waals surface area contributed by atoms with Crippen molar-refractivity contribution in [3.05, 3.63) is 53.6 Å². The maximum atomic E-state index is 14.1. The SMILES string of the molecule is CCCc1cc(C#N)c(F)c(-c2cccnc2)c1. The van der Waals surface area contributed by atoms with E-state index in [-0.39, 0.29) is 5.56 Å². The third kappa shape index (κ3) is 2.38. The van der Waals surface area contributed by atoms with Gasteiger partial charge in [0, 0.05) is 23.5 Å². The number of rotatable bonds is 3. The highest BCUT2D eigenvalue weighted by Gasteiger charge is 2.12. The van der Waals surface area contributed by atoms with Crippen LogP contribution < -0.4 is 0 Å². The third-order valence-electron chi connectivity index (χ3n) is 2.76. The number of hydrogen-bond acceptors (Lipinski definition) is 2. The molecule has 0 amide bonds. The van der Waals surface area contributed by atoms with Crippen molar-refractivity contribution < 1.29 is 4.39 Å². The Morgan fingerprint density at radius 3 is 2.83 bits per heavy atom. The highest BCUT2D eigenvalue weighted by molar-refractivity contribution is 5.66. The zero-order chi connectivity index (χ0) is 13.0. The van der Waals surface area contributed by atoms with Crippen molar-refractivity contribution in [3.63, 3.8) is 0 Å². The molecule has 0 aliphatic carbocycles. The van der Waals surface area contributed by atoms with Crippen LogP contribution in [-0.4, -0.2) is 4.98 Å². The van der Waals surface area contributed by atoms with Gasteiger partial charge in [0.25, 0.3) is 0 Å². The van der Waals surface area contributed by atoms with Gasteiger partial charge in [-0.1, -0.05) is 19.4 Å². The molecule has 0 aliphatic heterocycles. The fraction of sp³-hybridized carbons (Fsp3) is 0.200. The summed E-state index contributed by atoms with van der Waals surface area (Å²) in [4.78, 5) is 3.98. The van der Waals surface area contributed by atoms with Crippen molar-refractivity contribution in [2.75, 3.05) is 0 Å². The molecule has 0 fully saturated rings. The quantitative estimate of drug-likeness (QED) is 0.820. The topological polar surface area (TPSA) is 36.7 Å². The molecule has 0 spiro atoms. The number of hydrogen-bond donors (Lipinski definition) is 0. The Kier molecular flexibility index (Phi) is 3.69. The zero-order valence-corrected chi connectivity index (χ0v) is 10.2. The van der Waals surface area contributed by atoms with E-state index in [2.05, 4.69) is 11.9 Å². The van der Waals surface area contributed by atoms with Crippen molar-refractivity contribution in [3.8, 4) is 17.2 Å². The Morgan fingerprint density at radius 1 is 1.39 bits per heavy atom. The summed E-state index contributed by atoms with van der Waals surface area (Å²) >= 11 is 0. The van der Waals surface area contributed by atoms with Crippen LogP contribution in [0.2, 0.25) is 0 Å². The first-order valence-electron chi connectivity index (χ1n) is 5.89. The molecule has 0 bridgehead atoms. The Hall–Kier alpha value is -2.21. The summed E-state index contributed by atoms with van der Waals surface area (Å²) in [5.74, 6) is -0.467. The highest BCUT2D eigenvalue weighted by atomic mass is 19.1. The second kappa shape index (κ2) is 5.42. The first-order valence-corrected chi connectivity index (χ1v) is 5.89. The first kappa shape index (κ1) is 12.3. The highest BCUT2D eigenvalue weighted by Crippen LogP contribution is 2.26. The van der Waals surface area contributed by atoms with Crippen LogP contribution in [0, 0.1) is 17.1 Å². The molecular formula is C15H13FN2. The van der Waals surface area contributed by atoms with Gasteiger partial charge in [-0.3, -0.25) is 4.98 Å². The number of halogens is 1. The molecule has 1 heterocycles. The predicted octanol–water partition coefficient (Wildman–Crippen LogP) is 3.71. The van der Waals surface area contributed by atoms with E-state index < -0.39 is 5.82 Å². The van der Waals surface area contributed by atoms with E-state index in [9.17, 15) is 4.39 Å². The molecule has 2 aromatic rings. The summed E-state index contributed by atoms with van der Waals surface area (Å²) in [6.07, 6.45) is 5.04. The molecule has 0 unspecified atom stereocenters. The lowest BCUT2D eigenvalue weighted by Gasteiger charge is -2.08. The van der Waals surface area contributed by atoms with E-state index >= 15 is 0 Å². The molecule has 0 aliphatic rings. The molecule has 0 radical (unpaired) electrons. The molecular weight excluding hydrogens is 227 g/mol. The standard InChI is InChI=1S/C15H13FN2/c1-2-4-11-7-13(9-17)15(16)14(8-11)12-5-3-6-18-10-12/h3,5-8,10H,2,4H2,1H3. The molecule has 0 saturated heterocycles. The summed E-state index contributed by atoms with van der Waals surface area (Å²) in [5, 5.41) is 8.98. The Bertz CT molecular complexity index is 585. The smallest absolute Gasteiger partial charge is 0.148 e. The molecule has 1 aromatic heterocycles. The third-order valence-corrected chi connectivity index (χ3v) is 2.76. The molecule has 2 rings (SSSR count). The van der Waals surface area contributed by atoms with Gasteiger partial charge in [-0.15, -0.1) is 0 Å². The van der Waals surface area contributed by atoms with Gasteiger partial charge in [0.2, 0.25) is 0 Å². The maximum Gasteiger partial charge on any atom is 0.148 e. The van der Waals surface area contributed by atoms with Crippen molar-refractivity contribution in [1.82, 2.24) is 4.98 Å². The molecule has 3 heteroatoms. The van der Waals surface area contributed by atoms with Gasteiger partial charge >= 0.3 is 0 Å². The zero-order valence-electron chi connectivity index (χ0n) is 10.2. The number of aromatic nitrogens is 1. The molecule has 90 valence electrons. The van der Waals surface area contributed by atoms with Crippen molar-refractivity contribution >= 4 is 0 Å². The van der Waals surface area contributed by atoms with Crippen LogP contribution in [0.5, 0.6) is 0 Å². The van der Waals surface area contributed by atoms with Gasteiger partial charge in [0.1, 0.15) is 11.9 Å². The predicted molar refractivity (Wildman–Crippen MR) is 68.3 cm³/mol. The summed E-state index contributed by atoms with van der Waals surface area (Å²) in [6.45, 7) is 2.05. The molecule has 0 saturated carbocycles. The first-order chi connectivity index (χ1) is 8.76. The summed E-state index contributed by atoms with van der Waals surface area (Å²) in [6, 6.07) is 8.89. The summed E-state index contributed by atoms with van der Waals surface area (Å²) in [7, 11) is 0. The average Bonchev–Trinajstić information content (AvgIpc) is 2.42. The van der Waals surface area contributed by atoms with Crippen LogP contribution in [0.4, 0.5) is 4.39 Å². The Morgan fingerprint density at radius 2 is 2.22 bits per heavy atom. The normalized spacial score (nSPS) is 10.1. The minimum atomic E-state index is -0.467. The lowest BCUT2D eigenvalue weighted by Crippen LogP contribution is -1.94. The van der Waals surface area contributed by atoms with Crippen molar-refractivity contribution in [2.45, 2.75) is 19.8 Å². The molecule has 0 N–H and O–H groups in total. The molecule has 2 nitrogen and oxygen atoms in total. The second-order valence-electron chi connectivity index (χ2n) is 4.11. The molecule has 1 aromatic carbocycles. The Labute approximate surface area is 106 Å². The van der Waals surface area contributed by atoms with Crippen LogP contribution in [-0.2, 0) is 6.42 Å². The summed E-state index contributed by atoms with van der Waals surface area (Å²) < 4.78 is 14.1. The molecule has 0 atom stereocenters. The van der Waals surface area contributed by atoms with Crippen LogP contribution in [0.25, 0.3) is 11.1 Å². The number of nitrogens with zero attached hydrogens (tertiary/aromatic N) is 2.